The summed E-state index contributed by atoms with van der Waals surface area (Å²) in [5.74, 6) is 0.401. The van der Waals surface area contributed by atoms with Gasteiger partial charge in [0.2, 0.25) is 10.0 Å². The molecule has 4 N–H and O–H groups in total. The summed E-state index contributed by atoms with van der Waals surface area (Å²) in [6.45, 7) is 2.10. The van der Waals surface area contributed by atoms with Gasteiger partial charge in [0.15, 0.2) is 5.65 Å². The summed E-state index contributed by atoms with van der Waals surface area (Å²) in [4.78, 5) is 8.59. The lowest BCUT2D eigenvalue weighted by Crippen LogP contribution is -2.32. The molecule has 3 heterocycles. The lowest BCUT2D eigenvalue weighted by atomic mass is 10.1. The number of benzene rings is 1. The molecule has 9 nitrogen and oxygen atoms in total. The number of nitrogen functional groups attached to an aromatic ring is 1. The number of nitrogens with zero attached hydrogens (tertiary/aromatic N) is 4. The number of piperidine rings is 1. The minimum absolute atomic E-state index is 0.220. The second-order valence-electron chi connectivity index (χ2n) is 7.04. The van der Waals surface area contributed by atoms with Crippen molar-refractivity contribution < 1.29 is 8.42 Å². The minimum atomic E-state index is -3.23. The van der Waals surface area contributed by atoms with Crippen molar-refractivity contribution in [2.45, 2.75) is 25.4 Å². The Morgan fingerprint density at radius 3 is 2.75 bits per heavy atom. The van der Waals surface area contributed by atoms with Crippen molar-refractivity contribution in [3.8, 4) is 11.3 Å². The lowest BCUT2D eigenvalue weighted by molar-refractivity contribution is 0.354. The summed E-state index contributed by atoms with van der Waals surface area (Å²) >= 11 is 0. The van der Waals surface area contributed by atoms with Crippen molar-refractivity contribution in [2.75, 3.05) is 25.1 Å². The fraction of sp³-hybridized carbons (Fsp3) is 0.389. The fourth-order valence-electron chi connectivity index (χ4n) is 3.49. The summed E-state index contributed by atoms with van der Waals surface area (Å²) < 4.78 is 27.0. The summed E-state index contributed by atoms with van der Waals surface area (Å²) in [6.07, 6.45) is 4.73. The van der Waals surface area contributed by atoms with Crippen LogP contribution in [0.15, 0.2) is 30.6 Å². The molecule has 1 fully saturated rings. The third kappa shape index (κ3) is 3.84. The first kappa shape index (κ1) is 18.8. The van der Waals surface area contributed by atoms with E-state index in [9.17, 15) is 8.42 Å². The molecule has 2 aromatic heterocycles. The molecule has 28 heavy (non-hydrogen) atoms. The average Bonchev–Trinajstić information content (AvgIpc) is 3.08. The van der Waals surface area contributed by atoms with Crippen molar-refractivity contribution in [3.05, 3.63) is 36.2 Å². The molecule has 4 rings (SSSR count). The number of aromatic nitrogens is 4. The van der Waals surface area contributed by atoms with Crippen LogP contribution in [0.5, 0.6) is 0 Å². The summed E-state index contributed by atoms with van der Waals surface area (Å²) in [7, 11) is -3.23. The summed E-state index contributed by atoms with van der Waals surface area (Å²) in [6, 6.07) is 7.80. The van der Waals surface area contributed by atoms with Gasteiger partial charge < -0.3 is 11.1 Å². The van der Waals surface area contributed by atoms with E-state index < -0.39 is 10.0 Å². The van der Waals surface area contributed by atoms with Crippen LogP contribution < -0.4 is 15.8 Å². The topological polar surface area (TPSA) is 128 Å². The highest BCUT2D eigenvalue weighted by Gasteiger charge is 2.23. The molecule has 10 heteroatoms. The van der Waals surface area contributed by atoms with Crippen molar-refractivity contribution in [1.29, 1.82) is 0 Å². The van der Waals surface area contributed by atoms with Crippen molar-refractivity contribution in [3.63, 3.8) is 0 Å². The first-order valence-electron chi connectivity index (χ1n) is 9.16. The molecule has 0 saturated carbocycles. The molecule has 1 unspecified atom stereocenters. The quantitative estimate of drug-likeness (QED) is 0.583. The predicted molar refractivity (Wildman–Crippen MR) is 108 cm³/mol. The van der Waals surface area contributed by atoms with Crippen LogP contribution in [0.1, 0.15) is 24.4 Å². The highest BCUT2D eigenvalue weighted by Crippen LogP contribution is 2.32. The van der Waals surface area contributed by atoms with Gasteiger partial charge in [-0.15, -0.1) is 0 Å². The van der Waals surface area contributed by atoms with E-state index >= 15 is 0 Å². The maximum Gasteiger partial charge on any atom is 0.209 e. The molecule has 0 bridgehead atoms. The van der Waals surface area contributed by atoms with E-state index in [2.05, 4.69) is 20.0 Å². The van der Waals surface area contributed by atoms with E-state index in [0.717, 1.165) is 60.0 Å². The number of rotatable bonds is 5. The fourth-order valence-corrected chi connectivity index (χ4v) is 3.92. The molecule has 1 aliphatic heterocycles. The van der Waals surface area contributed by atoms with E-state index in [0.29, 0.717) is 5.82 Å². The normalized spacial score (nSPS) is 17.8. The molecule has 1 aliphatic rings. The first-order chi connectivity index (χ1) is 13.4. The molecule has 1 saturated heterocycles. The van der Waals surface area contributed by atoms with Crippen molar-refractivity contribution in [2.24, 2.45) is 0 Å². The molecule has 0 spiro atoms. The molecule has 0 aliphatic carbocycles. The van der Waals surface area contributed by atoms with Crippen LogP contribution >= 0.6 is 0 Å². The Kier molecular flexibility index (Phi) is 5.00. The largest absolute Gasteiger partial charge is 0.383 e. The number of sulfonamides is 1. The molecular formula is C18H23N7O2S. The van der Waals surface area contributed by atoms with Gasteiger partial charge in [0.1, 0.15) is 17.8 Å². The lowest BCUT2D eigenvalue weighted by Gasteiger charge is -2.23. The third-order valence-corrected chi connectivity index (χ3v) is 5.57. The van der Waals surface area contributed by atoms with Gasteiger partial charge in [-0.25, -0.2) is 27.8 Å². The zero-order chi connectivity index (χ0) is 19.7. The minimum Gasteiger partial charge on any atom is -0.383 e. The van der Waals surface area contributed by atoms with E-state index in [4.69, 9.17) is 10.8 Å². The number of fused-ring (bicyclic) bond motifs is 1. The Hall–Kier alpha value is -2.56. The van der Waals surface area contributed by atoms with Gasteiger partial charge in [-0.3, -0.25) is 0 Å². The van der Waals surface area contributed by atoms with Crippen LogP contribution in [-0.2, 0) is 16.6 Å². The Bertz CT molecular complexity index is 1090. The average molecular weight is 401 g/mol. The van der Waals surface area contributed by atoms with Crippen LogP contribution in [0.2, 0.25) is 0 Å². The molecular weight excluding hydrogens is 378 g/mol. The maximum absolute atomic E-state index is 11.3. The SMILES string of the molecule is CS(=O)(=O)NCc1ccc(-c2nn(C3CCCNC3)c3ncnc(N)c23)cc1. The van der Waals surface area contributed by atoms with Crippen LogP contribution in [0.3, 0.4) is 0 Å². The van der Waals surface area contributed by atoms with Crippen LogP contribution in [0.25, 0.3) is 22.3 Å². The van der Waals surface area contributed by atoms with E-state index in [-0.39, 0.29) is 12.6 Å². The monoisotopic (exact) mass is 401 g/mol. The number of hydrogen-bond acceptors (Lipinski definition) is 7. The Morgan fingerprint density at radius 1 is 1.29 bits per heavy atom. The molecule has 1 aromatic carbocycles. The molecule has 3 aromatic rings. The summed E-state index contributed by atoms with van der Waals surface area (Å²) in [5, 5.41) is 8.99. The smallest absolute Gasteiger partial charge is 0.209 e. The van der Waals surface area contributed by atoms with Gasteiger partial charge in [0.25, 0.3) is 0 Å². The van der Waals surface area contributed by atoms with E-state index in [1.807, 2.05) is 28.9 Å². The highest BCUT2D eigenvalue weighted by atomic mass is 32.2. The molecule has 1 atom stereocenters. The Morgan fingerprint density at radius 2 is 2.07 bits per heavy atom. The number of hydrogen-bond donors (Lipinski definition) is 3. The second-order valence-corrected chi connectivity index (χ2v) is 8.87. The number of anilines is 1. The number of nitrogens with two attached hydrogens (primary N) is 1. The zero-order valence-electron chi connectivity index (χ0n) is 15.6. The van der Waals surface area contributed by atoms with E-state index in [1.54, 1.807) is 0 Å². The molecule has 0 radical (unpaired) electrons. The zero-order valence-corrected chi connectivity index (χ0v) is 16.4. The van der Waals surface area contributed by atoms with Gasteiger partial charge in [0.05, 0.1) is 17.7 Å². The van der Waals surface area contributed by atoms with Gasteiger partial charge in [-0.05, 0) is 24.9 Å². The van der Waals surface area contributed by atoms with Crippen molar-refractivity contribution in [1.82, 2.24) is 29.8 Å². The Labute approximate surface area is 163 Å². The van der Waals surface area contributed by atoms with Gasteiger partial charge in [0, 0.05) is 18.7 Å². The van der Waals surface area contributed by atoms with Crippen LogP contribution in [-0.4, -0.2) is 47.5 Å². The van der Waals surface area contributed by atoms with Crippen LogP contribution in [0.4, 0.5) is 5.82 Å². The highest BCUT2D eigenvalue weighted by molar-refractivity contribution is 7.88. The van der Waals surface area contributed by atoms with Gasteiger partial charge >= 0.3 is 0 Å². The number of nitrogens with one attached hydrogen (secondary N) is 2. The molecule has 0 amide bonds. The van der Waals surface area contributed by atoms with Crippen molar-refractivity contribution >= 4 is 26.9 Å². The second kappa shape index (κ2) is 7.46. The first-order valence-corrected chi connectivity index (χ1v) is 11.0. The van der Waals surface area contributed by atoms with E-state index in [1.165, 1.54) is 6.33 Å². The third-order valence-electron chi connectivity index (χ3n) is 4.90. The van der Waals surface area contributed by atoms with Gasteiger partial charge in [-0.2, -0.15) is 5.10 Å². The summed E-state index contributed by atoms with van der Waals surface area (Å²) in [5.41, 5.74) is 9.38. The molecule has 148 valence electrons. The Balaban J connectivity index is 1.72. The van der Waals surface area contributed by atoms with Crippen LogP contribution in [0, 0.1) is 0 Å². The van der Waals surface area contributed by atoms with Gasteiger partial charge in [-0.1, -0.05) is 24.3 Å². The predicted octanol–water partition coefficient (Wildman–Crippen LogP) is 1.05. The standard InChI is InChI=1S/C18H23N7O2S/c1-28(26,27)23-9-12-4-6-13(7-5-12)16-15-17(19)21-11-22-18(15)25(24-16)14-3-2-8-20-10-14/h4-7,11,14,20,23H,2-3,8-10H2,1H3,(H2,19,21,22). The maximum atomic E-state index is 11.3.